The summed E-state index contributed by atoms with van der Waals surface area (Å²) in [4.78, 5) is 29.5. The molecule has 0 spiro atoms. The minimum absolute atomic E-state index is 0.0560. The second-order valence-electron chi connectivity index (χ2n) is 8.16. The molecule has 2 saturated heterocycles. The van der Waals surface area contributed by atoms with E-state index in [1.54, 1.807) is 12.0 Å². The highest BCUT2D eigenvalue weighted by molar-refractivity contribution is 6.04. The maximum Gasteiger partial charge on any atom is 0.229 e. The molecule has 1 atom stereocenters. The first-order chi connectivity index (χ1) is 14.5. The van der Waals surface area contributed by atoms with Crippen molar-refractivity contribution in [2.75, 3.05) is 41.9 Å². The van der Waals surface area contributed by atoms with Gasteiger partial charge in [0.05, 0.1) is 18.7 Å². The van der Waals surface area contributed by atoms with Crippen LogP contribution in [0.4, 0.5) is 17.1 Å². The van der Waals surface area contributed by atoms with Gasteiger partial charge in [0.25, 0.3) is 0 Å². The molecule has 1 unspecified atom stereocenters. The van der Waals surface area contributed by atoms with E-state index in [1.165, 1.54) is 24.9 Å². The van der Waals surface area contributed by atoms with E-state index in [9.17, 15) is 9.59 Å². The number of anilines is 3. The summed E-state index contributed by atoms with van der Waals surface area (Å²) in [6.07, 6.45) is 3.97. The third-order valence-electron chi connectivity index (χ3n) is 5.98. The summed E-state index contributed by atoms with van der Waals surface area (Å²) in [5.74, 6) is 0.0792. The van der Waals surface area contributed by atoms with Gasteiger partial charge in [0.2, 0.25) is 11.8 Å². The van der Waals surface area contributed by atoms with Crippen molar-refractivity contribution in [3.05, 3.63) is 48.0 Å². The summed E-state index contributed by atoms with van der Waals surface area (Å²) in [5, 5.41) is 2.98. The number of amides is 2. The van der Waals surface area contributed by atoms with Crippen LogP contribution < -0.4 is 19.9 Å². The summed E-state index contributed by atoms with van der Waals surface area (Å²) in [5.41, 5.74) is 3.73. The second kappa shape index (κ2) is 8.78. The molecule has 2 aromatic carbocycles. The molecule has 4 rings (SSSR count). The number of nitrogens with one attached hydrogen (secondary N) is 1. The van der Waals surface area contributed by atoms with Gasteiger partial charge in [0.1, 0.15) is 5.75 Å². The molecule has 2 heterocycles. The molecule has 0 aliphatic carbocycles. The Morgan fingerprint density at radius 3 is 2.50 bits per heavy atom. The van der Waals surface area contributed by atoms with Gasteiger partial charge < -0.3 is 19.9 Å². The number of ether oxygens (including phenoxy) is 1. The van der Waals surface area contributed by atoms with E-state index in [2.05, 4.69) is 22.3 Å². The normalized spacial score (nSPS) is 19.1. The maximum absolute atomic E-state index is 12.8. The Kier molecular flexibility index (Phi) is 5.93. The van der Waals surface area contributed by atoms with Crippen molar-refractivity contribution in [2.24, 2.45) is 5.92 Å². The number of hydrogen-bond donors (Lipinski definition) is 1. The molecule has 6 heteroatoms. The topological polar surface area (TPSA) is 61.9 Å². The molecule has 1 N–H and O–H groups in total. The highest BCUT2D eigenvalue weighted by Gasteiger charge is 2.36. The summed E-state index contributed by atoms with van der Waals surface area (Å²) in [6.45, 7) is 4.51. The van der Waals surface area contributed by atoms with Crippen LogP contribution in [-0.4, -0.2) is 38.6 Å². The number of piperidine rings is 1. The van der Waals surface area contributed by atoms with Crippen molar-refractivity contribution in [2.45, 2.75) is 32.6 Å². The Morgan fingerprint density at radius 2 is 1.80 bits per heavy atom. The molecule has 2 aromatic rings. The van der Waals surface area contributed by atoms with Gasteiger partial charge in [-0.2, -0.15) is 0 Å². The molecule has 30 heavy (non-hydrogen) atoms. The Morgan fingerprint density at radius 1 is 1.07 bits per heavy atom. The third-order valence-corrected chi connectivity index (χ3v) is 5.98. The molecule has 0 bridgehead atoms. The average Bonchev–Trinajstić information content (AvgIpc) is 3.16. The van der Waals surface area contributed by atoms with Gasteiger partial charge in [-0.1, -0.05) is 6.07 Å². The van der Waals surface area contributed by atoms with Crippen molar-refractivity contribution < 1.29 is 14.3 Å². The number of aryl methyl sites for hydroxylation is 1. The minimum atomic E-state index is -0.385. The molecule has 0 saturated carbocycles. The molecule has 2 amide bonds. The SMILES string of the molecule is COc1ccc(C)cc1N1CC(C(=O)Nc2ccc(N3CCCCC3)cc2)CC1=O. The van der Waals surface area contributed by atoms with E-state index in [4.69, 9.17) is 4.74 Å². The summed E-state index contributed by atoms with van der Waals surface area (Å²) in [7, 11) is 1.59. The Hall–Kier alpha value is -3.02. The molecule has 0 aromatic heterocycles. The van der Waals surface area contributed by atoms with Gasteiger partial charge in [0.15, 0.2) is 0 Å². The lowest BCUT2D eigenvalue weighted by molar-refractivity contribution is -0.122. The van der Waals surface area contributed by atoms with Gasteiger partial charge in [0, 0.05) is 37.4 Å². The van der Waals surface area contributed by atoms with Crippen LogP contribution in [0.15, 0.2) is 42.5 Å². The average molecular weight is 408 g/mol. The summed E-state index contributed by atoms with van der Waals surface area (Å²) >= 11 is 0. The van der Waals surface area contributed by atoms with Crippen LogP contribution in [0.1, 0.15) is 31.2 Å². The van der Waals surface area contributed by atoms with Crippen LogP contribution in [0.3, 0.4) is 0 Å². The molecular weight excluding hydrogens is 378 g/mol. The summed E-state index contributed by atoms with van der Waals surface area (Å²) < 4.78 is 5.42. The van der Waals surface area contributed by atoms with Crippen LogP contribution in [0, 0.1) is 12.8 Å². The first kappa shape index (κ1) is 20.3. The Labute approximate surface area is 177 Å². The smallest absolute Gasteiger partial charge is 0.229 e. The minimum Gasteiger partial charge on any atom is -0.495 e. The van der Waals surface area contributed by atoms with Crippen LogP contribution in [0.5, 0.6) is 5.75 Å². The Bertz CT molecular complexity index is 920. The maximum atomic E-state index is 12.8. The number of carbonyl (C=O) groups is 2. The van der Waals surface area contributed by atoms with Gasteiger partial charge in [-0.05, 0) is 68.1 Å². The predicted octanol–water partition coefficient (Wildman–Crippen LogP) is 3.99. The zero-order chi connectivity index (χ0) is 21.1. The van der Waals surface area contributed by atoms with Crippen molar-refractivity contribution in [1.82, 2.24) is 0 Å². The number of carbonyl (C=O) groups excluding carboxylic acids is 2. The summed E-state index contributed by atoms with van der Waals surface area (Å²) in [6, 6.07) is 13.7. The van der Waals surface area contributed by atoms with Crippen LogP contribution in [0.2, 0.25) is 0 Å². The number of benzene rings is 2. The van der Waals surface area contributed by atoms with Crippen molar-refractivity contribution in [3.8, 4) is 5.75 Å². The first-order valence-corrected chi connectivity index (χ1v) is 10.7. The lowest BCUT2D eigenvalue weighted by Crippen LogP contribution is -2.29. The molecule has 2 fully saturated rings. The molecule has 0 radical (unpaired) electrons. The molecular formula is C24H29N3O3. The van der Waals surface area contributed by atoms with E-state index >= 15 is 0 Å². The third kappa shape index (κ3) is 4.27. The number of rotatable bonds is 5. The van der Waals surface area contributed by atoms with Crippen molar-refractivity contribution in [3.63, 3.8) is 0 Å². The highest BCUT2D eigenvalue weighted by atomic mass is 16.5. The van der Waals surface area contributed by atoms with Crippen molar-refractivity contribution in [1.29, 1.82) is 0 Å². The van der Waals surface area contributed by atoms with E-state index in [0.29, 0.717) is 12.3 Å². The van der Waals surface area contributed by atoms with Crippen LogP contribution in [-0.2, 0) is 9.59 Å². The molecule has 2 aliphatic heterocycles. The quantitative estimate of drug-likeness (QED) is 0.814. The highest BCUT2D eigenvalue weighted by Crippen LogP contribution is 2.34. The zero-order valence-corrected chi connectivity index (χ0v) is 17.7. The number of nitrogens with zero attached hydrogens (tertiary/aromatic N) is 2. The Balaban J connectivity index is 1.41. The second-order valence-corrected chi connectivity index (χ2v) is 8.16. The fourth-order valence-corrected chi connectivity index (χ4v) is 4.28. The van der Waals surface area contributed by atoms with Crippen molar-refractivity contribution >= 4 is 28.9 Å². The van der Waals surface area contributed by atoms with E-state index in [-0.39, 0.29) is 24.2 Å². The lowest BCUT2D eigenvalue weighted by atomic mass is 10.1. The van der Waals surface area contributed by atoms with Crippen LogP contribution >= 0.6 is 0 Å². The van der Waals surface area contributed by atoms with E-state index < -0.39 is 0 Å². The predicted molar refractivity (Wildman–Crippen MR) is 119 cm³/mol. The zero-order valence-electron chi connectivity index (χ0n) is 17.7. The van der Waals surface area contributed by atoms with Gasteiger partial charge in [-0.3, -0.25) is 9.59 Å². The fraction of sp³-hybridized carbons (Fsp3) is 0.417. The molecule has 158 valence electrons. The lowest BCUT2D eigenvalue weighted by Gasteiger charge is -2.28. The van der Waals surface area contributed by atoms with E-state index in [0.717, 1.165) is 30.0 Å². The van der Waals surface area contributed by atoms with Gasteiger partial charge in [-0.25, -0.2) is 0 Å². The monoisotopic (exact) mass is 407 g/mol. The van der Waals surface area contributed by atoms with Gasteiger partial charge in [-0.15, -0.1) is 0 Å². The first-order valence-electron chi connectivity index (χ1n) is 10.7. The fourth-order valence-electron chi connectivity index (χ4n) is 4.28. The largest absolute Gasteiger partial charge is 0.495 e. The standard InChI is InChI=1S/C24H29N3O3/c1-17-6-11-22(30-2)21(14-17)27-16-18(15-23(27)28)24(29)25-19-7-9-20(10-8-19)26-12-4-3-5-13-26/h6-11,14,18H,3-5,12-13,15-16H2,1-2H3,(H,25,29). The number of methoxy groups -OCH3 is 1. The number of hydrogen-bond acceptors (Lipinski definition) is 4. The van der Waals surface area contributed by atoms with Crippen LogP contribution in [0.25, 0.3) is 0 Å². The van der Waals surface area contributed by atoms with Gasteiger partial charge >= 0.3 is 0 Å². The van der Waals surface area contributed by atoms with E-state index in [1.807, 2.05) is 37.3 Å². The molecule has 2 aliphatic rings. The molecule has 6 nitrogen and oxygen atoms in total.